The Morgan fingerprint density at radius 2 is 1.79 bits per heavy atom. The maximum absolute atomic E-state index is 9.72. The fraction of sp³-hybridized carbons (Fsp3) is 1.00. The smallest absolute Gasteiger partial charge is 0.184 e. The Labute approximate surface area is 110 Å². The van der Waals surface area contributed by atoms with Gasteiger partial charge in [0.05, 0.1) is 25.4 Å². The van der Waals surface area contributed by atoms with Crippen molar-refractivity contribution in [2.45, 2.75) is 55.9 Å². The molecule has 0 bridgehead atoms. The van der Waals surface area contributed by atoms with Crippen molar-refractivity contribution in [3.63, 3.8) is 0 Å². The quantitative estimate of drug-likeness (QED) is 0.378. The summed E-state index contributed by atoms with van der Waals surface area (Å²) in [6.07, 6.45) is -6.50. The predicted octanol–water partition coefficient (Wildman–Crippen LogP) is -2.70. The van der Waals surface area contributed by atoms with Crippen LogP contribution in [0.1, 0.15) is 12.8 Å². The molecule has 2 saturated heterocycles. The van der Waals surface area contributed by atoms with E-state index in [4.69, 9.17) is 19.3 Å². The fourth-order valence-corrected chi connectivity index (χ4v) is 2.24. The molecule has 19 heavy (non-hydrogen) atoms. The standard InChI is InChI=1S/C11H20O8/c12-3-9-8(2-6(14)10(16)18-9)19-11-7(15)1-5(13)4-17-11/h5-16H,1-4H2/t5-,6+,7+,8-,9+,10-,11+/m0/s1. The number of aliphatic hydroxyl groups is 5. The summed E-state index contributed by atoms with van der Waals surface area (Å²) in [5.41, 5.74) is 0. The Kier molecular flexibility index (Phi) is 5.09. The van der Waals surface area contributed by atoms with Gasteiger partial charge in [-0.3, -0.25) is 0 Å². The summed E-state index contributed by atoms with van der Waals surface area (Å²) < 4.78 is 15.6. The minimum absolute atomic E-state index is 0.0459. The van der Waals surface area contributed by atoms with Crippen molar-refractivity contribution in [3.05, 3.63) is 0 Å². The molecule has 0 aromatic carbocycles. The lowest BCUT2D eigenvalue weighted by Gasteiger charge is -2.40. The molecule has 7 atom stereocenters. The molecule has 5 N–H and O–H groups in total. The van der Waals surface area contributed by atoms with E-state index in [9.17, 15) is 20.4 Å². The van der Waals surface area contributed by atoms with E-state index < -0.39 is 43.1 Å². The number of hydrogen-bond acceptors (Lipinski definition) is 8. The molecular weight excluding hydrogens is 260 g/mol. The van der Waals surface area contributed by atoms with Crippen molar-refractivity contribution in [1.82, 2.24) is 0 Å². The van der Waals surface area contributed by atoms with E-state index in [1.807, 2.05) is 0 Å². The van der Waals surface area contributed by atoms with E-state index in [2.05, 4.69) is 0 Å². The van der Waals surface area contributed by atoms with Gasteiger partial charge in [-0.2, -0.15) is 0 Å². The molecule has 8 heteroatoms. The number of hydrogen-bond donors (Lipinski definition) is 5. The van der Waals surface area contributed by atoms with Gasteiger partial charge in [-0.1, -0.05) is 0 Å². The van der Waals surface area contributed by atoms with E-state index >= 15 is 0 Å². The molecule has 0 amide bonds. The zero-order valence-corrected chi connectivity index (χ0v) is 10.3. The normalized spacial score (nSPS) is 48.2. The van der Waals surface area contributed by atoms with Gasteiger partial charge in [0.1, 0.15) is 18.3 Å². The lowest BCUT2D eigenvalue weighted by molar-refractivity contribution is -0.308. The van der Waals surface area contributed by atoms with Crippen LogP contribution >= 0.6 is 0 Å². The molecule has 0 aliphatic carbocycles. The first kappa shape index (κ1) is 15.1. The molecule has 2 aliphatic heterocycles. The highest BCUT2D eigenvalue weighted by molar-refractivity contribution is 4.83. The van der Waals surface area contributed by atoms with E-state index in [0.717, 1.165) is 0 Å². The molecule has 0 saturated carbocycles. The molecule has 0 radical (unpaired) electrons. The van der Waals surface area contributed by atoms with Crippen molar-refractivity contribution < 1.29 is 39.7 Å². The topological polar surface area (TPSA) is 129 Å². The van der Waals surface area contributed by atoms with Crippen LogP contribution in [0.15, 0.2) is 0 Å². The van der Waals surface area contributed by atoms with Crippen LogP contribution in [0.5, 0.6) is 0 Å². The second kappa shape index (κ2) is 6.42. The first-order valence-electron chi connectivity index (χ1n) is 6.27. The van der Waals surface area contributed by atoms with Gasteiger partial charge >= 0.3 is 0 Å². The van der Waals surface area contributed by atoms with Crippen molar-refractivity contribution in [2.24, 2.45) is 0 Å². The van der Waals surface area contributed by atoms with Gasteiger partial charge < -0.3 is 39.7 Å². The van der Waals surface area contributed by atoms with E-state index in [1.54, 1.807) is 0 Å². The molecule has 2 heterocycles. The first-order chi connectivity index (χ1) is 9.01. The maximum atomic E-state index is 9.72. The average molecular weight is 280 g/mol. The average Bonchev–Trinajstić information content (AvgIpc) is 2.36. The summed E-state index contributed by atoms with van der Waals surface area (Å²) in [7, 11) is 0. The van der Waals surface area contributed by atoms with Gasteiger partial charge in [0.15, 0.2) is 12.6 Å². The summed E-state index contributed by atoms with van der Waals surface area (Å²) in [5, 5.41) is 47.0. The van der Waals surface area contributed by atoms with E-state index in [0.29, 0.717) is 0 Å². The van der Waals surface area contributed by atoms with Gasteiger partial charge in [-0.05, 0) is 0 Å². The van der Waals surface area contributed by atoms with Crippen LogP contribution in [0, 0.1) is 0 Å². The third-order valence-electron chi connectivity index (χ3n) is 3.30. The van der Waals surface area contributed by atoms with Gasteiger partial charge in [-0.15, -0.1) is 0 Å². The molecule has 0 spiro atoms. The molecule has 2 aliphatic rings. The summed E-state index contributed by atoms with van der Waals surface area (Å²) >= 11 is 0. The minimum Gasteiger partial charge on any atom is -0.394 e. The fourth-order valence-electron chi connectivity index (χ4n) is 2.24. The van der Waals surface area contributed by atoms with Crippen LogP contribution in [0.4, 0.5) is 0 Å². The van der Waals surface area contributed by atoms with Gasteiger partial charge in [-0.25, -0.2) is 0 Å². The Balaban J connectivity index is 1.93. The second-order valence-electron chi connectivity index (χ2n) is 4.88. The molecule has 0 unspecified atom stereocenters. The highest BCUT2D eigenvalue weighted by Crippen LogP contribution is 2.25. The Morgan fingerprint density at radius 3 is 2.42 bits per heavy atom. The lowest BCUT2D eigenvalue weighted by Crippen LogP contribution is -2.53. The van der Waals surface area contributed by atoms with Crippen molar-refractivity contribution >= 4 is 0 Å². The summed E-state index contributed by atoms with van der Waals surface area (Å²) in [6.45, 7) is -0.343. The largest absolute Gasteiger partial charge is 0.394 e. The third-order valence-corrected chi connectivity index (χ3v) is 3.30. The second-order valence-corrected chi connectivity index (χ2v) is 4.88. The minimum atomic E-state index is -1.36. The van der Waals surface area contributed by atoms with Crippen LogP contribution < -0.4 is 0 Å². The predicted molar refractivity (Wildman–Crippen MR) is 59.8 cm³/mol. The molecular formula is C11H20O8. The van der Waals surface area contributed by atoms with Crippen LogP contribution in [0.2, 0.25) is 0 Å². The third kappa shape index (κ3) is 3.61. The Hall–Kier alpha value is -0.320. The first-order valence-corrected chi connectivity index (χ1v) is 6.27. The molecule has 0 aromatic rings. The zero-order chi connectivity index (χ0) is 14.0. The number of aliphatic hydroxyl groups excluding tert-OH is 5. The zero-order valence-electron chi connectivity index (χ0n) is 10.3. The van der Waals surface area contributed by atoms with E-state index in [-0.39, 0.29) is 26.1 Å². The highest BCUT2D eigenvalue weighted by Gasteiger charge is 2.40. The van der Waals surface area contributed by atoms with Gasteiger partial charge in [0, 0.05) is 12.8 Å². The Morgan fingerprint density at radius 1 is 1.05 bits per heavy atom. The SMILES string of the molecule is OC[C@H]1O[C@H](O)[C@H](O)C[C@@H]1O[C@H]1OC[C@@H](O)C[C@H]1O. The highest BCUT2D eigenvalue weighted by atomic mass is 16.7. The maximum Gasteiger partial charge on any atom is 0.184 e. The van der Waals surface area contributed by atoms with Crippen LogP contribution in [-0.2, 0) is 14.2 Å². The van der Waals surface area contributed by atoms with Gasteiger partial charge in [0.2, 0.25) is 0 Å². The number of rotatable bonds is 3. The monoisotopic (exact) mass is 280 g/mol. The van der Waals surface area contributed by atoms with Crippen LogP contribution in [0.3, 0.4) is 0 Å². The molecule has 2 fully saturated rings. The van der Waals surface area contributed by atoms with Gasteiger partial charge in [0.25, 0.3) is 0 Å². The summed E-state index contributed by atoms with van der Waals surface area (Å²) in [5.74, 6) is 0. The van der Waals surface area contributed by atoms with Crippen LogP contribution in [-0.4, -0.2) is 81.8 Å². The molecule has 8 nitrogen and oxygen atoms in total. The van der Waals surface area contributed by atoms with Crippen molar-refractivity contribution in [2.75, 3.05) is 13.2 Å². The Bertz CT molecular complexity index is 288. The summed E-state index contributed by atoms with van der Waals surface area (Å²) in [4.78, 5) is 0. The van der Waals surface area contributed by atoms with Crippen molar-refractivity contribution in [1.29, 1.82) is 0 Å². The number of ether oxygens (including phenoxy) is 3. The molecule has 2 rings (SSSR count). The van der Waals surface area contributed by atoms with E-state index in [1.165, 1.54) is 0 Å². The van der Waals surface area contributed by atoms with Crippen LogP contribution in [0.25, 0.3) is 0 Å². The lowest BCUT2D eigenvalue weighted by atomic mass is 10.0. The molecule has 0 aromatic heterocycles. The van der Waals surface area contributed by atoms with Crippen molar-refractivity contribution in [3.8, 4) is 0 Å². The summed E-state index contributed by atoms with van der Waals surface area (Å²) in [6, 6.07) is 0. The molecule has 112 valence electrons.